The van der Waals surface area contributed by atoms with Crippen LogP contribution in [-0.4, -0.2) is 4.98 Å². The molecule has 0 radical (unpaired) electrons. The Hall–Kier alpha value is -0.890. The van der Waals surface area contributed by atoms with Crippen molar-refractivity contribution in [3.8, 4) is 0 Å². The molecule has 0 aliphatic carbocycles. The maximum atomic E-state index is 5.45. The van der Waals surface area contributed by atoms with E-state index in [1.165, 1.54) is 0 Å². The van der Waals surface area contributed by atoms with Gasteiger partial charge in [0.15, 0.2) is 0 Å². The van der Waals surface area contributed by atoms with E-state index < -0.39 is 0 Å². The fourth-order valence-corrected chi connectivity index (χ4v) is 1.04. The maximum Gasteiger partial charge on any atom is 0.0542 e. The molecule has 0 fully saturated rings. The molecule has 1 aromatic heterocycles. The Kier molecular flexibility index (Phi) is 3.05. The van der Waals surface area contributed by atoms with Crippen molar-refractivity contribution in [2.75, 3.05) is 0 Å². The molecule has 11 heavy (non-hydrogen) atoms. The van der Waals surface area contributed by atoms with E-state index in [0.717, 1.165) is 24.2 Å². The maximum absolute atomic E-state index is 5.45. The molecule has 2 N–H and O–H groups in total. The molecular formula is C9H14N2. The van der Waals surface area contributed by atoms with E-state index in [2.05, 4.69) is 11.9 Å². The zero-order valence-electron chi connectivity index (χ0n) is 6.88. The molecule has 2 nitrogen and oxygen atoms in total. The third kappa shape index (κ3) is 2.31. The average molecular weight is 150 g/mol. The van der Waals surface area contributed by atoms with Crippen LogP contribution < -0.4 is 5.73 Å². The average Bonchev–Trinajstić information content (AvgIpc) is 2.06. The van der Waals surface area contributed by atoms with E-state index >= 15 is 0 Å². The molecule has 0 saturated heterocycles. The van der Waals surface area contributed by atoms with Crippen LogP contribution in [0.5, 0.6) is 0 Å². The standard InChI is InChI=1S/C9H14N2/c1-2-4-8-5-3-6-9(7-10)11-8/h3,5-6H,2,4,7,10H2,1H3. The van der Waals surface area contributed by atoms with Gasteiger partial charge in [0.05, 0.1) is 5.69 Å². The molecule has 0 aliphatic heterocycles. The third-order valence-electron chi connectivity index (χ3n) is 1.58. The minimum atomic E-state index is 0.539. The van der Waals surface area contributed by atoms with Gasteiger partial charge in [-0.05, 0) is 18.6 Å². The predicted octanol–water partition coefficient (Wildman–Crippen LogP) is 1.49. The van der Waals surface area contributed by atoms with Crippen LogP contribution >= 0.6 is 0 Å². The molecule has 0 amide bonds. The van der Waals surface area contributed by atoms with Crippen molar-refractivity contribution in [2.24, 2.45) is 5.73 Å². The molecule has 0 aliphatic rings. The van der Waals surface area contributed by atoms with E-state index in [9.17, 15) is 0 Å². The summed E-state index contributed by atoms with van der Waals surface area (Å²) in [4.78, 5) is 4.36. The fraction of sp³-hybridized carbons (Fsp3) is 0.444. The number of pyridine rings is 1. The number of nitrogens with two attached hydrogens (primary N) is 1. The van der Waals surface area contributed by atoms with Gasteiger partial charge in [-0.15, -0.1) is 0 Å². The lowest BCUT2D eigenvalue weighted by molar-refractivity contribution is 0.856. The Labute approximate surface area is 67.5 Å². The molecule has 0 saturated carbocycles. The molecule has 1 heterocycles. The number of nitrogens with zero attached hydrogens (tertiary/aromatic N) is 1. The number of hydrogen-bond acceptors (Lipinski definition) is 2. The number of aromatic nitrogens is 1. The van der Waals surface area contributed by atoms with Crippen LogP contribution in [0.1, 0.15) is 24.7 Å². The fourth-order valence-electron chi connectivity index (χ4n) is 1.04. The normalized spacial score (nSPS) is 10.0. The first-order valence-electron chi connectivity index (χ1n) is 4.01. The highest BCUT2D eigenvalue weighted by Crippen LogP contribution is 2.00. The summed E-state index contributed by atoms with van der Waals surface area (Å²) in [5.41, 5.74) is 7.58. The number of rotatable bonds is 3. The van der Waals surface area contributed by atoms with Gasteiger partial charge in [0.2, 0.25) is 0 Å². The van der Waals surface area contributed by atoms with Crippen molar-refractivity contribution in [1.29, 1.82) is 0 Å². The zero-order chi connectivity index (χ0) is 8.10. The molecular weight excluding hydrogens is 136 g/mol. The number of aryl methyl sites for hydroxylation is 1. The first-order chi connectivity index (χ1) is 5.36. The van der Waals surface area contributed by atoms with E-state index in [0.29, 0.717) is 6.54 Å². The summed E-state index contributed by atoms with van der Waals surface area (Å²) in [6, 6.07) is 6.02. The third-order valence-corrected chi connectivity index (χ3v) is 1.58. The summed E-state index contributed by atoms with van der Waals surface area (Å²) in [6.45, 7) is 2.69. The Balaban J connectivity index is 2.74. The van der Waals surface area contributed by atoms with Gasteiger partial charge in [0.1, 0.15) is 0 Å². The summed E-state index contributed by atoms with van der Waals surface area (Å²) in [7, 11) is 0. The van der Waals surface area contributed by atoms with Crippen molar-refractivity contribution in [1.82, 2.24) is 4.98 Å². The molecule has 1 aromatic rings. The monoisotopic (exact) mass is 150 g/mol. The first kappa shape index (κ1) is 8.21. The summed E-state index contributed by atoms with van der Waals surface area (Å²) >= 11 is 0. The van der Waals surface area contributed by atoms with E-state index in [-0.39, 0.29) is 0 Å². The Morgan fingerprint density at radius 1 is 1.36 bits per heavy atom. The van der Waals surface area contributed by atoms with Crippen molar-refractivity contribution >= 4 is 0 Å². The highest BCUT2D eigenvalue weighted by atomic mass is 14.7. The second-order valence-corrected chi connectivity index (χ2v) is 2.57. The van der Waals surface area contributed by atoms with Crippen LogP contribution in [0, 0.1) is 0 Å². The van der Waals surface area contributed by atoms with Crippen LogP contribution in [0.4, 0.5) is 0 Å². The van der Waals surface area contributed by atoms with Crippen LogP contribution in [0.25, 0.3) is 0 Å². The van der Waals surface area contributed by atoms with Gasteiger partial charge in [-0.1, -0.05) is 19.4 Å². The van der Waals surface area contributed by atoms with Crippen LogP contribution in [0.15, 0.2) is 18.2 Å². The summed E-state index contributed by atoms with van der Waals surface area (Å²) in [5, 5.41) is 0. The Morgan fingerprint density at radius 3 is 2.73 bits per heavy atom. The van der Waals surface area contributed by atoms with Crippen molar-refractivity contribution in [3.05, 3.63) is 29.6 Å². The quantitative estimate of drug-likeness (QED) is 0.709. The van der Waals surface area contributed by atoms with Gasteiger partial charge in [-0.3, -0.25) is 4.98 Å². The lowest BCUT2D eigenvalue weighted by Gasteiger charge is -1.99. The summed E-state index contributed by atoms with van der Waals surface area (Å²) in [6.07, 6.45) is 2.19. The van der Waals surface area contributed by atoms with Crippen molar-refractivity contribution < 1.29 is 0 Å². The molecule has 0 bridgehead atoms. The lowest BCUT2D eigenvalue weighted by Crippen LogP contribution is -2.01. The van der Waals surface area contributed by atoms with Gasteiger partial charge in [0, 0.05) is 12.2 Å². The topological polar surface area (TPSA) is 38.9 Å². The van der Waals surface area contributed by atoms with Gasteiger partial charge in [-0.25, -0.2) is 0 Å². The summed E-state index contributed by atoms with van der Waals surface area (Å²) < 4.78 is 0. The molecule has 0 atom stereocenters. The van der Waals surface area contributed by atoms with Gasteiger partial charge < -0.3 is 5.73 Å². The molecule has 0 unspecified atom stereocenters. The largest absolute Gasteiger partial charge is 0.325 e. The van der Waals surface area contributed by atoms with Gasteiger partial charge >= 0.3 is 0 Å². The molecule has 60 valence electrons. The second kappa shape index (κ2) is 4.09. The molecule has 2 heteroatoms. The minimum Gasteiger partial charge on any atom is -0.325 e. The smallest absolute Gasteiger partial charge is 0.0542 e. The van der Waals surface area contributed by atoms with Crippen LogP contribution in [0.3, 0.4) is 0 Å². The highest BCUT2D eigenvalue weighted by Gasteiger charge is 1.93. The number of hydrogen-bond donors (Lipinski definition) is 1. The zero-order valence-corrected chi connectivity index (χ0v) is 6.88. The summed E-state index contributed by atoms with van der Waals surface area (Å²) in [5.74, 6) is 0. The van der Waals surface area contributed by atoms with E-state index in [1.54, 1.807) is 0 Å². The van der Waals surface area contributed by atoms with Crippen molar-refractivity contribution in [3.63, 3.8) is 0 Å². The lowest BCUT2D eigenvalue weighted by atomic mass is 10.2. The second-order valence-electron chi connectivity index (χ2n) is 2.57. The SMILES string of the molecule is CCCc1cccc(CN)n1. The first-order valence-corrected chi connectivity index (χ1v) is 4.01. The molecule has 1 rings (SSSR count). The predicted molar refractivity (Wildman–Crippen MR) is 46.1 cm³/mol. The highest BCUT2D eigenvalue weighted by molar-refractivity contribution is 5.10. The van der Waals surface area contributed by atoms with Crippen molar-refractivity contribution in [2.45, 2.75) is 26.3 Å². The van der Waals surface area contributed by atoms with Crippen LogP contribution in [-0.2, 0) is 13.0 Å². The van der Waals surface area contributed by atoms with E-state index in [4.69, 9.17) is 5.73 Å². The molecule has 0 spiro atoms. The Bertz CT molecular complexity index is 221. The Morgan fingerprint density at radius 2 is 2.09 bits per heavy atom. The minimum absolute atomic E-state index is 0.539. The van der Waals surface area contributed by atoms with Gasteiger partial charge in [0.25, 0.3) is 0 Å². The molecule has 0 aromatic carbocycles. The van der Waals surface area contributed by atoms with Gasteiger partial charge in [-0.2, -0.15) is 0 Å². The van der Waals surface area contributed by atoms with Crippen LogP contribution in [0.2, 0.25) is 0 Å². The van der Waals surface area contributed by atoms with E-state index in [1.807, 2.05) is 18.2 Å².